The molecule has 12 heteroatoms. The van der Waals surface area contributed by atoms with Crippen LogP contribution in [0.3, 0.4) is 0 Å². The van der Waals surface area contributed by atoms with Crippen LogP contribution in [0.4, 0.5) is 17.1 Å². The fraction of sp³-hybridized carbons (Fsp3) is 0.115. The quantitative estimate of drug-likeness (QED) is 0.156. The first-order valence-corrected chi connectivity index (χ1v) is 13.4. The van der Waals surface area contributed by atoms with Crippen LogP contribution in [0.2, 0.25) is 10.0 Å². The summed E-state index contributed by atoms with van der Waals surface area (Å²) in [6, 6.07) is 15.7. The molecule has 4 aromatic carbocycles. The maximum absolute atomic E-state index is 13.2. The maximum atomic E-state index is 13.2. The van der Waals surface area contributed by atoms with Crippen LogP contribution in [0.1, 0.15) is 22.8 Å². The number of benzene rings is 4. The van der Waals surface area contributed by atoms with Gasteiger partial charge >= 0.3 is 0 Å². The van der Waals surface area contributed by atoms with Gasteiger partial charge in [-0.3, -0.25) is 9.35 Å². The summed E-state index contributed by atoms with van der Waals surface area (Å²) in [6.07, 6.45) is 0.167. The van der Waals surface area contributed by atoms with Crippen molar-refractivity contribution in [2.45, 2.75) is 18.2 Å². The standard InChI is InChI=1S/C26H21Cl2N3O6S/c1-3-15-21(38(34,35)36)12-11-18(27)23(15)30-31-24-16-8-5-4-7-14(16)13-17(25(24)32)26(33)29-19-9-6-10-20(37-2)22(19)28/h4-13,32H,3H2,1-2H3,(H,29,33)(H,34,35,36). The van der Waals surface area contributed by atoms with Crippen LogP contribution >= 0.6 is 23.2 Å². The lowest BCUT2D eigenvalue weighted by molar-refractivity contribution is 0.102. The van der Waals surface area contributed by atoms with Crippen LogP contribution in [0.15, 0.2) is 75.8 Å². The van der Waals surface area contributed by atoms with Gasteiger partial charge in [0.1, 0.15) is 22.1 Å². The van der Waals surface area contributed by atoms with Gasteiger partial charge < -0.3 is 15.2 Å². The van der Waals surface area contributed by atoms with Crippen molar-refractivity contribution < 1.29 is 27.6 Å². The van der Waals surface area contributed by atoms with Crippen LogP contribution in [-0.2, 0) is 16.5 Å². The minimum Gasteiger partial charge on any atom is -0.505 e. The Balaban J connectivity index is 1.85. The molecule has 196 valence electrons. The minimum absolute atomic E-state index is 0.00536. The third-order valence-electron chi connectivity index (χ3n) is 5.74. The molecular weight excluding hydrogens is 553 g/mol. The largest absolute Gasteiger partial charge is 0.505 e. The number of rotatable bonds is 7. The molecule has 0 unspecified atom stereocenters. The van der Waals surface area contributed by atoms with Crippen molar-refractivity contribution in [1.82, 2.24) is 0 Å². The van der Waals surface area contributed by atoms with E-state index in [0.29, 0.717) is 16.5 Å². The molecule has 0 aliphatic rings. The molecular formula is C26H21Cl2N3O6S. The summed E-state index contributed by atoms with van der Waals surface area (Å²) in [5.41, 5.74) is 0.276. The number of ether oxygens (including phenoxy) is 1. The van der Waals surface area contributed by atoms with Crippen LogP contribution in [0, 0.1) is 0 Å². The van der Waals surface area contributed by atoms with E-state index in [1.165, 1.54) is 25.3 Å². The zero-order valence-electron chi connectivity index (χ0n) is 20.1. The Morgan fingerprint density at radius 2 is 1.74 bits per heavy atom. The van der Waals surface area contributed by atoms with Gasteiger partial charge in [-0.05, 0) is 42.1 Å². The molecule has 0 aromatic heterocycles. The molecule has 0 saturated heterocycles. The van der Waals surface area contributed by atoms with Gasteiger partial charge in [0.05, 0.1) is 28.3 Å². The molecule has 0 radical (unpaired) electrons. The van der Waals surface area contributed by atoms with Gasteiger partial charge in [-0.2, -0.15) is 8.42 Å². The summed E-state index contributed by atoms with van der Waals surface area (Å²) < 4.78 is 38.5. The summed E-state index contributed by atoms with van der Waals surface area (Å²) >= 11 is 12.6. The molecule has 0 aliphatic heterocycles. The summed E-state index contributed by atoms with van der Waals surface area (Å²) in [5, 5.41) is 23.4. The predicted octanol–water partition coefficient (Wildman–Crippen LogP) is 7.34. The number of fused-ring (bicyclic) bond motifs is 1. The van der Waals surface area contributed by atoms with Gasteiger partial charge in [-0.15, -0.1) is 10.2 Å². The van der Waals surface area contributed by atoms with Gasteiger partial charge in [-0.1, -0.05) is 60.5 Å². The van der Waals surface area contributed by atoms with Crippen molar-refractivity contribution in [2.24, 2.45) is 10.2 Å². The average molecular weight is 574 g/mol. The predicted molar refractivity (Wildman–Crippen MR) is 146 cm³/mol. The van der Waals surface area contributed by atoms with E-state index in [-0.39, 0.29) is 49.6 Å². The highest BCUT2D eigenvalue weighted by Crippen LogP contribution is 2.42. The number of hydrogen-bond donors (Lipinski definition) is 3. The topological polar surface area (TPSA) is 138 Å². The van der Waals surface area contributed by atoms with Crippen molar-refractivity contribution in [3.63, 3.8) is 0 Å². The molecule has 9 nitrogen and oxygen atoms in total. The second-order valence-corrected chi connectivity index (χ2v) is 10.2. The van der Waals surface area contributed by atoms with E-state index in [2.05, 4.69) is 15.5 Å². The molecule has 0 aliphatic carbocycles. The second-order valence-electron chi connectivity index (χ2n) is 8.02. The Morgan fingerprint density at radius 3 is 2.42 bits per heavy atom. The summed E-state index contributed by atoms with van der Waals surface area (Å²) in [7, 11) is -3.10. The van der Waals surface area contributed by atoms with Crippen molar-refractivity contribution >= 4 is 67.1 Å². The Kier molecular flexibility index (Phi) is 7.89. The molecule has 0 saturated carbocycles. The van der Waals surface area contributed by atoms with Crippen LogP contribution < -0.4 is 10.1 Å². The van der Waals surface area contributed by atoms with Crippen molar-refractivity contribution in [1.29, 1.82) is 0 Å². The summed E-state index contributed by atoms with van der Waals surface area (Å²) in [6.45, 7) is 1.67. The zero-order valence-corrected chi connectivity index (χ0v) is 22.4. The average Bonchev–Trinajstić information content (AvgIpc) is 2.88. The van der Waals surface area contributed by atoms with E-state index < -0.39 is 21.8 Å². The van der Waals surface area contributed by atoms with E-state index in [4.69, 9.17) is 27.9 Å². The number of halogens is 2. The van der Waals surface area contributed by atoms with E-state index in [9.17, 15) is 22.9 Å². The number of anilines is 1. The Morgan fingerprint density at radius 1 is 1.03 bits per heavy atom. The van der Waals surface area contributed by atoms with Crippen LogP contribution in [-0.4, -0.2) is 31.1 Å². The number of hydrogen-bond acceptors (Lipinski definition) is 7. The number of phenols is 1. The normalized spacial score (nSPS) is 11.7. The van der Waals surface area contributed by atoms with E-state index >= 15 is 0 Å². The number of azo groups is 1. The second kappa shape index (κ2) is 11.0. The number of amides is 1. The number of carbonyl (C=O) groups excluding carboxylic acids is 1. The third-order valence-corrected chi connectivity index (χ3v) is 7.38. The molecule has 0 spiro atoms. The first-order valence-electron chi connectivity index (χ1n) is 11.2. The number of nitrogens with zero attached hydrogens (tertiary/aromatic N) is 2. The minimum atomic E-state index is -4.55. The smallest absolute Gasteiger partial charge is 0.294 e. The van der Waals surface area contributed by atoms with E-state index in [0.717, 1.165) is 0 Å². The molecule has 4 aromatic rings. The number of methoxy groups -OCH3 is 1. The molecule has 0 heterocycles. The highest BCUT2D eigenvalue weighted by Gasteiger charge is 2.22. The maximum Gasteiger partial charge on any atom is 0.294 e. The number of phenolic OH excluding ortho intramolecular Hbond substituents is 1. The molecule has 0 fully saturated rings. The van der Waals surface area contributed by atoms with Crippen molar-refractivity contribution in [2.75, 3.05) is 12.4 Å². The molecule has 1 amide bonds. The lowest BCUT2D eigenvalue weighted by atomic mass is 10.0. The SMILES string of the molecule is CCc1c(S(=O)(=O)O)ccc(Cl)c1N=Nc1c(O)c(C(=O)Nc2cccc(OC)c2Cl)cc2ccccc12. The number of carbonyl (C=O) groups is 1. The first-order chi connectivity index (χ1) is 18.1. The van der Waals surface area contributed by atoms with Gasteiger partial charge in [0.15, 0.2) is 5.75 Å². The Hall–Kier alpha value is -3.70. The lowest BCUT2D eigenvalue weighted by Crippen LogP contribution is -2.12. The number of nitrogens with one attached hydrogen (secondary N) is 1. The number of aromatic hydroxyl groups is 1. The van der Waals surface area contributed by atoms with Crippen molar-refractivity contribution in [3.05, 3.63) is 81.8 Å². The fourth-order valence-electron chi connectivity index (χ4n) is 3.93. The highest BCUT2D eigenvalue weighted by atomic mass is 35.5. The Labute approximate surface area is 228 Å². The van der Waals surface area contributed by atoms with Gasteiger partial charge in [0.2, 0.25) is 0 Å². The molecule has 3 N–H and O–H groups in total. The molecule has 0 atom stereocenters. The van der Waals surface area contributed by atoms with E-state index in [1.807, 2.05) is 0 Å². The van der Waals surface area contributed by atoms with Gasteiger partial charge in [-0.25, -0.2) is 0 Å². The monoisotopic (exact) mass is 573 g/mol. The molecule has 38 heavy (non-hydrogen) atoms. The summed E-state index contributed by atoms with van der Waals surface area (Å²) in [5.74, 6) is -0.776. The van der Waals surface area contributed by atoms with Gasteiger partial charge in [0.25, 0.3) is 16.0 Å². The fourth-order valence-corrected chi connectivity index (χ4v) is 5.18. The lowest BCUT2D eigenvalue weighted by Gasteiger charge is -2.13. The van der Waals surface area contributed by atoms with E-state index in [1.54, 1.807) is 49.4 Å². The van der Waals surface area contributed by atoms with Crippen molar-refractivity contribution in [3.8, 4) is 11.5 Å². The Bertz CT molecular complexity index is 1710. The molecule has 0 bridgehead atoms. The molecule has 4 rings (SSSR count). The zero-order chi connectivity index (χ0) is 27.6. The van der Waals surface area contributed by atoms with Crippen LogP contribution in [0.5, 0.6) is 11.5 Å². The van der Waals surface area contributed by atoms with Gasteiger partial charge in [0, 0.05) is 10.9 Å². The third kappa shape index (κ3) is 5.30. The first kappa shape index (κ1) is 27.3. The van der Waals surface area contributed by atoms with Crippen LogP contribution in [0.25, 0.3) is 10.8 Å². The summed E-state index contributed by atoms with van der Waals surface area (Å²) in [4.78, 5) is 12.9. The highest BCUT2D eigenvalue weighted by molar-refractivity contribution is 7.85.